The number of aromatic nitrogens is 2. The Kier molecular flexibility index (Phi) is 1.82. The molecule has 3 nitrogen and oxygen atoms in total. The van der Waals surface area contributed by atoms with Gasteiger partial charge in [0.1, 0.15) is 9.24 Å². The molecule has 0 aliphatic rings. The molecule has 0 atom stereocenters. The van der Waals surface area contributed by atoms with Gasteiger partial charge < -0.3 is 10.7 Å². The molecule has 0 aliphatic carbocycles. The van der Waals surface area contributed by atoms with Crippen LogP contribution in [0.1, 0.15) is 0 Å². The monoisotopic (exact) mass is 205 g/mol. The van der Waals surface area contributed by atoms with Crippen LogP contribution in [0.3, 0.4) is 0 Å². The number of anilines is 1. The topological polar surface area (TPSA) is 54.7 Å². The zero-order chi connectivity index (χ0) is 6.85. The molecule has 48 valence electrons. The molecule has 0 aromatic carbocycles. The maximum atomic E-state index is 5.34. The van der Waals surface area contributed by atoms with Gasteiger partial charge in [0.25, 0.3) is 0 Å². The van der Waals surface area contributed by atoms with Gasteiger partial charge in [-0.2, -0.15) is 0 Å². The summed E-state index contributed by atoms with van der Waals surface area (Å²) in [4.78, 5) is 6.58. The van der Waals surface area contributed by atoms with E-state index in [4.69, 9.17) is 18.0 Å². The van der Waals surface area contributed by atoms with Crippen LogP contribution in [0.5, 0.6) is 0 Å². The van der Waals surface area contributed by atoms with E-state index in [1.165, 1.54) is 0 Å². The first-order valence-electron chi connectivity index (χ1n) is 2.21. The van der Waals surface area contributed by atoms with Crippen LogP contribution in [-0.4, -0.2) is 9.97 Å². The zero-order valence-corrected chi connectivity index (χ0v) is 6.79. The molecule has 0 aliphatic heterocycles. The van der Waals surface area contributed by atoms with Gasteiger partial charge in [0.2, 0.25) is 0 Å². The normalized spacial score (nSPS) is 9.44. The second-order valence-electron chi connectivity index (χ2n) is 1.44. The summed E-state index contributed by atoms with van der Waals surface area (Å²) in [5, 5.41) is 0. The number of hydrogen-bond donors (Lipinski definition) is 2. The first-order chi connectivity index (χ1) is 4.20. The molecule has 0 saturated carbocycles. The van der Waals surface area contributed by atoms with E-state index in [1.807, 2.05) is 0 Å². The standard InChI is InChI=1S/C4H4BrN3S/c5-2-1-7-4(9)3(6)8-2/h1H,(H2,6,8)(H,7,9). The number of hydrogen-bond acceptors (Lipinski definition) is 3. The molecule has 0 spiro atoms. The molecule has 1 heterocycles. The molecular weight excluding hydrogens is 202 g/mol. The molecule has 0 amide bonds. The van der Waals surface area contributed by atoms with Crippen LogP contribution in [0, 0.1) is 4.64 Å². The molecule has 0 fully saturated rings. The maximum absolute atomic E-state index is 5.34. The number of H-pyrrole nitrogens is 1. The highest BCUT2D eigenvalue weighted by atomic mass is 79.9. The molecule has 1 aromatic heterocycles. The molecule has 1 rings (SSSR count). The van der Waals surface area contributed by atoms with Crippen molar-refractivity contribution in [3.8, 4) is 0 Å². The third kappa shape index (κ3) is 1.49. The van der Waals surface area contributed by atoms with Crippen LogP contribution in [0.25, 0.3) is 0 Å². The largest absolute Gasteiger partial charge is 0.381 e. The molecule has 0 unspecified atom stereocenters. The minimum Gasteiger partial charge on any atom is -0.381 e. The Bertz CT molecular complexity index is 269. The van der Waals surface area contributed by atoms with E-state index in [0.29, 0.717) is 15.1 Å². The number of halogens is 1. The van der Waals surface area contributed by atoms with Gasteiger partial charge in [-0.1, -0.05) is 12.2 Å². The van der Waals surface area contributed by atoms with Crippen molar-refractivity contribution in [3.05, 3.63) is 15.4 Å². The number of rotatable bonds is 0. The summed E-state index contributed by atoms with van der Waals surface area (Å²) in [5.41, 5.74) is 5.34. The molecule has 1 aromatic rings. The molecule has 9 heavy (non-hydrogen) atoms. The average Bonchev–Trinajstić information content (AvgIpc) is 1.80. The summed E-state index contributed by atoms with van der Waals surface area (Å²) in [6.45, 7) is 0. The fourth-order valence-corrected chi connectivity index (χ4v) is 0.807. The second-order valence-corrected chi connectivity index (χ2v) is 2.66. The lowest BCUT2D eigenvalue weighted by Crippen LogP contribution is -1.92. The lowest BCUT2D eigenvalue weighted by molar-refractivity contribution is 1.16. The minimum absolute atomic E-state index is 0.347. The van der Waals surface area contributed by atoms with Crippen molar-refractivity contribution in [2.75, 3.05) is 5.73 Å². The first-order valence-corrected chi connectivity index (χ1v) is 3.41. The molecule has 3 N–H and O–H groups in total. The van der Waals surface area contributed by atoms with Crippen LogP contribution in [0.4, 0.5) is 5.82 Å². The van der Waals surface area contributed by atoms with E-state index < -0.39 is 0 Å². The van der Waals surface area contributed by atoms with Crippen molar-refractivity contribution >= 4 is 34.0 Å². The van der Waals surface area contributed by atoms with Crippen LogP contribution in [-0.2, 0) is 0 Å². The molecule has 5 heteroatoms. The predicted molar refractivity (Wildman–Crippen MR) is 41.5 cm³/mol. The van der Waals surface area contributed by atoms with Crippen LogP contribution in [0.2, 0.25) is 0 Å². The Morgan fingerprint density at radius 2 is 2.44 bits per heavy atom. The quantitative estimate of drug-likeness (QED) is 0.632. The number of nitrogens with one attached hydrogen (secondary N) is 1. The van der Waals surface area contributed by atoms with Gasteiger partial charge in [-0.25, -0.2) is 4.98 Å². The molecular formula is C4H4BrN3S. The van der Waals surface area contributed by atoms with Gasteiger partial charge in [0.15, 0.2) is 5.82 Å². The van der Waals surface area contributed by atoms with Crippen molar-refractivity contribution in [2.24, 2.45) is 0 Å². The Balaban J connectivity index is 3.34. The summed E-state index contributed by atoms with van der Waals surface area (Å²) in [5.74, 6) is 0.347. The third-order valence-corrected chi connectivity index (χ3v) is 1.52. The van der Waals surface area contributed by atoms with Crippen molar-refractivity contribution in [2.45, 2.75) is 0 Å². The van der Waals surface area contributed by atoms with E-state index in [-0.39, 0.29) is 0 Å². The highest BCUT2D eigenvalue weighted by Crippen LogP contribution is 2.05. The third-order valence-electron chi connectivity index (χ3n) is 0.782. The van der Waals surface area contributed by atoms with Gasteiger partial charge in [-0.05, 0) is 15.9 Å². The smallest absolute Gasteiger partial charge is 0.159 e. The highest BCUT2D eigenvalue weighted by molar-refractivity contribution is 9.10. The van der Waals surface area contributed by atoms with E-state index in [0.717, 1.165) is 0 Å². The summed E-state index contributed by atoms with van der Waals surface area (Å²) in [7, 11) is 0. The number of aromatic amines is 1. The Morgan fingerprint density at radius 3 is 2.89 bits per heavy atom. The summed E-state index contributed by atoms with van der Waals surface area (Å²) >= 11 is 7.88. The van der Waals surface area contributed by atoms with E-state index in [1.54, 1.807) is 6.20 Å². The fourth-order valence-electron chi connectivity index (χ4n) is 0.397. The van der Waals surface area contributed by atoms with Gasteiger partial charge in [-0.3, -0.25) is 0 Å². The van der Waals surface area contributed by atoms with Crippen LogP contribution in [0.15, 0.2) is 10.8 Å². The maximum Gasteiger partial charge on any atom is 0.159 e. The van der Waals surface area contributed by atoms with Gasteiger partial charge in [0.05, 0.1) is 0 Å². The zero-order valence-electron chi connectivity index (χ0n) is 4.39. The first kappa shape index (κ1) is 6.70. The summed E-state index contributed by atoms with van der Waals surface area (Å²) in [6, 6.07) is 0. The van der Waals surface area contributed by atoms with Crippen molar-refractivity contribution in [1.82, 2.24) is 9.97 Å². The Hall–Kier alpha value is -0.420. The molecule has 0 bridgehead atoms. The summed E-state index contributed by atoms with van der Waals surface area (Å²) < 4.78 is 1.13. The van der Waals surface area contributed by atoms with E-state index >= 15 is 0 Å². The number of nitrogens with zero attached hydrogens (tertiary/aromatic N) is 1. The van der Waals surface area contributed by atoms with Crippen molar-refractivity contribution < 1.29 is 0 Å². The SMILES string of the molecule is Nc1nc(Br)c[nH]c1=S. The highest BCUT2D eigenvalue weighted by Gasteiger charge is 1.89. The lowest BCUT2D eigenvalue weighted by Gasteiger charge is -1.91. The predicted octanol–water partition coefficient (Wildman–Crippen LogP) is 1.48. The van der Waals surface area contributed by atoms with Crippen LogP contribution < -0.4 is 5.73 Å². The Morgan fingerprint density at radius 1 is 1.78 bits per heavy atom. The van der Waals surface area contributed by atoms with Gasteiger partial charge in [0, 0.05) is 6.20 Å². The Labute approximate surface area is 65.4 Å². The number of nitrogens with two attached hydrogens (primary N) is 1. The average molecular weight is 206 g/mol. The van der Waals surface area contributed by atoms with Crippen LogP contribution >= 0.6 is 28.1 Å². The van der Waals surface area contributed by atoms with Gasteiger partial charge in [-0.15, -0.1) is 0 Å². The van der Waals surface area contributed by atoms with Gasteiger partial charge >= 0.3 is 0 Å². The summed E-state index contributed by atoms with van der Waals surface area (Å²) in [6.07, 6.45) is 1.64. The minimum atomic E-state index is 0.347. The molecule has 0 radical (unpaired) electrons. The number of nitrogen functional groups attached to an aromatic ring is 1. The van der Waals surface area contributed by atoms with E-state index in [2.05, 4.69) is 25.9 Å². The van der Waals surface area contributed by atoms with Crippen molar-refractivity contribution in [3.63, 3.8) is 0 Å². The van der Waals surface area contributed by atoms with E-state index in [9.17, 15) is 0 Å². The fraction of sp³-hybridized carbons (Fsp3) is 0. The molecule has 0 saturated heterocycles. The lowest BCUT2D eigenvalue weighted by atomic mass is 10.7. The second kappa shape index (κ2) is 2.45. The van der Waals surface area contributed by atoms with Crippen molar-refractivity contribution in [1.29, 1.82) is 0 Å².